The lowest BCUT2D eigenvalue weighted by Gasteiger charge is -2.09. The molecular weight excluding hydrogens is 363 g/mol. The van der Waals surface area contributed by atoms with Crippen LogP contribution in [-0.2, 0) is 20.7 Å². The molecule has 0 radical (unpaired) electrons. The van der Waals surface area contributed by atoms with E-state index in [0.29, 0.717) is 11.3 Å². The third-order valence-electron chi connectivity index (χ3n) is 3.42. The first-order chi connectivity index (χ1) is 12.4. The number of hydrogen-bond donors (Lipinski definition) is 2. The van der Waals surface area contributed by atoms with Crippen molar-refractivity contribution in [2.45, 2.75) is 6.42 Å². The second-order valence-corrected chi connectivity index (χ2v) is 5.68. The van der Waals surface area contributed by atoms with E-state index in [1.807, 2.05) is 0 Å². The lowest BCUT2D eigenvalue weighted by molar-refractivity contribution is -0.141. The van der Waals surface area contributed by atoms with Crippen LogP contribution in [0, 0.1) is 5.82 Å². The topological polar surface area (TPSA) is 84.5 Å². The average molecular weight is 379 g/mol. The van der Waals surface area contributed by atoms with Crippen molar-refractivity contribution in [1.82, 2.24) is 5.32 Å². The summed E-state index contributed by atoms with van der Waals surface area (Å²) in [4.78, 5) is 34.8. The van der Waals surface area contributed by atoms with Crippen LogP contribution in [-0.4, -0.2) is 31.4 Å². The molecule has 0 atom stereocenters. The number of methoxy groups -OCH3 is 1. The molecule has 0 aromatic heterocycles. The number of halogens is 2. The fraction of sp³-hybridized carbons (Fsp3) is 0.167. The number of nitrogens with one attached hydrogen (secondary N) is 2. The van der Waals surface area contributed by atoms with Crippen LogP contribution in [0.3, 0.4) is 0 Å². The first kappa shape index (κ1) is 19.4. The maximum absolute atomic E-state index is 13.7. The quantitative estimate of drug-likeness (QED) is 0.757. The number of rotatable bonds is 6. The molecule has 0 aliphatic heterocycles. The van der Waals surface area contributed by atoms with E-state index in [1.165, 1.54) is 19.2 Å². The van der Waals surface area contributed by atoms with E-state index in [0.717, 1.165) is 6.07 Å². The van der Waals surface area contributed by atoms with Crippen LogP contribution >= 0.6 is 11.6 Å². The summed E-state index contributed by atoms with van der Waals surface area (Å²) in [6, 6.07) is 10.4. The Morgan fingerprint density at radius 1 is 1.12 bits per heavy atom. The van der Waals surface area contributed by atoms with Gasteiger partial charge in [-0.2, -0.15) is 0 Å². The standard InChI is InChI=1S/C18H16ClFN2O4/c1-26-16(24)10-21-15(23)9-11-5-7-12(8-6-11)22-18(25)17-13(19)3-2-4-14(17)20/h2-8H,9-10H2,1H3,(H,21,23)(H,22,25). The van der Waals surface area contributed by atoms with E-state index in [-0.39, 0.29) is 29.5 Å². The molecule has 136 valence electrons. The van der Waals surface area contributed by atoms with Gasteiger partial charge in [-0.15, -0.1) is 0 Å². The minimum absolute atomic E-state index is 0.0152. The number of carbonyl (C=O) groups is 3. The molecule has 0 fully saturated rings. The highest BCUT2D eigenvalue weighted by Gasteiger charge is 2.16. The van der Waals surface area contributed by atoms with Crippen molar-refractivity contribution in [2.75, 3.05) is 19.0 Å². The van der Waals surface area contributed by atoms with Crippen molar-refractivity contribution in [1.29, 1.82) is 0 Å². The van der Waals surface area contributed by atoms with Gasteiger partial charge in [0.05, 0.1) is 24.1 Å². The molecule has 0 unspecified atom stereocenters. The Bertz CT molecular complexity index is 804. The molecular formula is C18H16ClFN2O4. The predicted octanol–water partition coefficient (Wildman–Crippen LogP) is 2.56. The van der Waals surface area contributed by atoms with Crippen molar-refractivity contribution < 1.29 is 23.5 Å². The molecule has 2 amide bonds. The summed E-state index contributed by atoms with van der Waals surface area (Å²) in [5.41, 5.74) is 0.864. The number of benzene rings is 2. The lowest BCUT2D eigenvalue weighted by Crippen LogP contribution is -2.31. The minimum Gasteiger partial charge on any atom is -0.468 e. The zero-order valence-electron chi connectivity index (χ0n) is 13.8. The number of hydrogen-bond acceptors (Lipinski definition) is 4. The number of ether oxygens (including phenoxy) is 1. The van der Waals surface area contributed by atoms with Crippen molar-refractivity contribution in [3.63, 3.8) is 0 Å². The van der Waals surface area contributed by atoms with Gasteiger partial charge in [0, 0.05) is 5.69 Å². The molecule has 0 saturated heterocycles. The second kappa shape index (κ2) is 8.96. The van der Waals surface area contributed by atoms with Crippen molar-refractivity contribution in [3.8, 4) is 0 Å². The Balaban J connectivity index is 1.96. The van der Waals surface area contributed by atoms with E-state index >= 15 is 0 Å². The number of amides is 2. The Morgan fingerprint density at radius 2 is 1.81 bits per heavy atom. The molecule has 2 aromatic rings. The third kappa shape index (κ3) is 5.29. The summed E-state index contributed by atoms with van der Waals surface area (Å²) >= 11 is 5.86. The van der Waals surface area contributed by atoms with Crippen LogP contribution in [0.15, 0.2) is 42.5 Å². The molecule has 6 nitrogen and oxygen atoms in total. The monoisotopic (exact) mass is 378 g/mol. The molecule has 0 saturated carbocycles. The van der Waals surface area contributed by atoms with Crippen LogP contribution in [0.5, 0.6) is 0 Å². The summed E-state index contributed by atoms with van der Waals surface area (Å²) in [5, 5.41) is 4.98. The largest absolute Gasteiger partial charge is 0.468 e. The number of anilines is 1. The van der Waals surface area contributed by atoms with Crippen LogP contribution in [0.2, 0.25) is 5.02 Å². The number of carbonyl (C=O) groups excluding carboxylic acids is 3. The van der Waals surface area contributed by atoms with E-state index in [1.54, 1.807) is 24.3 Å². The Morgan fingerprint density at radius 3 is 2.42 bits per heavy atom. The Labute approximate surface area is 154 Å². The summed E-state index contributed by atoms with van der Waals surface area (Å²) in [5.74, 6) is -2.26. The van der Waals surface area contributed by atoms with Gasteiger partial charge in [-0.25, -0.2) is 4.39 Å². The number of esters is 1. The Hall–Kier alpha value is -2.93. The van der Waals surface area contributed by atoms with Crippen LogP contribution in [0.25, 0.3) is 0 Å². The maximum atomic E-state index is 13.7. The SMILES string of the molecule is COC(=O)CNC(=O)Cc1ccc(NC(=O)c2c(F)cccc2Cl)cc1. The van der Waals surface area contributed by atoms with E-state index in [4.69, 9.17) is 11.6 Å². The van der Waals surface area contributed by atoms with Crippen molar-refractivity contribution in [2.24, 2.45) is 0 Å². The molecule has 26 heavy (non-hydrogen) atoms. The van der Waals surface area contributed by atoms with Gasteiger partial charge in [0.15, 0.2) is 0 Å². The lowest BCUT2D eigenvalue weighted by atomic mass is 10.1. The molecule has 2 rings (SSSR count). The third-order valence-corrected chi connectivity index (χ3v) is 3.74. The predicted molar refractivity (Wildman–Crippen MR) is 94.5 cm³/mol. The molecule has 0 aliphatic rings. The summed E-state index contributed by atoms with van der Waals surface area (Å²) in [7, 11) is 1.23. The van der Waals surface area contributed by atoms with Crippen LogP contribution in [0.1, 0.15) is 15.9 Å². The molecule has 2 N–H and O–H groups in total. The van der Waals surface area contributed by atoms with Gasteiger partial charge in [0.2, 0.25) is 5.91 Å². The van der Waals surface area contributed by atoms with Gasteiger partial charge in [-0.3, -0.25) is 14.4 Å². The molecule has 2 aromatic carbocycles. The van der Waals surface area contributed by atoms with E-state index in [2.05, 4.69) is 15.4 Å². The van der Waals surface area contributed by atoms with Gasteiger partial charge < -0.3 is 15.4 Å². The minimum atomic E-state index is -0.714. The highest BCUT2D eigenvalue weighted by molar-refractivity contribution is 6.34. The molecule has 0 spiro atoms. The van der Waals surface area contributed by atoms with Gasteiger partial charge in [0.25, 0.3) is 5.91 Å². The van der Waals surface area contributed by atoms with Gasteiger partial charge in [-0.05, 0) is 29.8 Å². The van der Waals surface area contributed by atoms with E-state index < -0.39 is 17.7 Å². The second-order valence-electron chi connectivity index (χ2n) is 5.28. The molecule has 8 heteroatoms. The smallest absolute Gasteiger partial charge is 0.325 e. The fourth-order valence-corrected chi connectivity index (χ4v) is 2.35. The maximum Gasteiger partial charge on any atom is 0.325 e. The summed E-state index contributed by atoms with van der Waals surface area (Å²) in [6.07, 6.45) is 0.0599. The average Bonchev–Trinajstić information content (AvgIpc) is 2.61. The highest BCUT2D eigenvalue weighted by atomic mass is 35.5. The van der Waals surface area contributed by atoms with Crippen molar-refractivity contribution >= 4 is 35.1 Å². The molecule has 0 heterocycles. The van der Waals surface area contributed by atoms with Crippen LogP contribution < -0.4 is 10.6 Å². The highest BCUT2D eigenvalue weighted by Crippen LogP contribution is 2.20. The Kier molecular flexibility index (Phi) is 6.68. The van der Waals surface area contributed by atoms with E-state index in [9.17, 15) is 18.8 Å². The normalized spacial score (nSPS) is 10.1. The first-order valence-electron chi connectivity index (χ1n) is 7.58. The molecule has 0 bridgehead atoms. The zero-order valence-corrected chi connectivity index (χ0v) is 14.6. The van der Waals surface area contributed by atoms with Crippen LogP contribution in [0.4, 0.5) is 10.1 Å². The van der Waals surface area contributed by atoms with Gasteiger partial charge in [0.1, 0.15) is 12.4 Å². The van der Waals surface area contributed by atoms with Gasteiger partial charge >= 0.3 is 5.97 Å². The summed E-state index contributed by atoms with van der Waals surface area (Å²) in [6.45, 7) is -0.202. The van der Waals surface area contributed by atoms with Crippen molar-refractivity contribution in [3.05, 3.63) is 64.4 Å². The van der Waals surface area contributed by atoms with Gasteiger partial charge in [-0.1, -0.05) is 29.8 Å². The fourth-order valence-electron chi connectivity index (χ4n) is 2.11. The first-order valence-corrected chi connectivity index (χ1v) is 7.96. The molecule has 0 aliphatic carbocycles. The zero-order chi connectivity index (χ0) is 19.1. The summed E-state index contributed by atoms with van der Waals surface area (Å²) < 4.78 is 18.2.